The highest BCUT2D eigenvalue weighted by molar-refractivity contribution is 7.46. The highest BCUT2D eigenvalue weighted by atomic mass is 31.2. The Hall–Kier alpha value is 0.110. The maximum Gasteiger partial charge on any atom is 0.469 e. The summed E-state index contributed by atoms with van der Waals surface area (Å²) in [6, 6.07) is 0. The van der Waals surface area contributed by atoms with Gasteiger partial charge in [0.25, 0.3) is 0 Å². The first-order chi connectivity index (χ1) is 6.89. The molecule has 0 atom stereocenters. The summed E-state index contributed by atoms with van der Waals surface area (Å²) in [6.45, 7) is 6.64. The minimum atomic E-state index is -4.27. The molecule has 2 N–H and O–H groups in total. The molecular formula is C10H23O4P. The van der Waals surface area contributed by atoms with E-state index in [0.29, 0.717) is 11.8 Å². The molecule has 0 rings (SSSR count). The van der Waals surface area contributed by atoms with E-state index >= 15 is 0 Å². The predicted molar refractivity (Wildman–Crippen MR) is 60.5 cm³/mol. The van der Waals surface area contributed by atoms with E-state index in [1.807, 2.05) is 0 Å². The van der Waals surface area contributed by atoms with Crippen molar-refractivity contribution in [3.63, 3.8) is 0 Å². The third-order valence-corrected chi connectivity index (χ3v) is 3.88. The molecule has 92 valence electrons. The third-order valence-electron chi connectivity index (χ3n) is 3.36. The van der Waals surface area contributed by atoms with Crippen molar-refractivity contribution in [2.24, 2.45) is 5.41 Å². The van der Waals surface area contributed by atoms with Crippen LogP contribution in [0.15, 0.2) is 0 Å². The topological polar surface area (TPSA) is 66.8 Å². The third kappa shape index (κ3) is 6.31. The molecule has 0 radical (unpaired) electrons. The number of hydrogen-bond acceptors (Lipinski definition) is 2. The van der Waals surface area contributed by atoms with Crippen molar-refractivity contribution in [1.29, 1.82) is 0 Å². The van der Waals surface area contributed by atoms with Crippen molar-refractivity contribution in [1.82, 2.24) is 0 Å². The molecule has 15 heavy (non-hydrogen) atoms. The Bertz CT molecular complexity index is 199. The van der Waals surface area contributed by atoms with Gasteiger partial charge in [0, 0.05) is 0 Å². The van der Waals surface area contributed by atoms with Gasteiger partial charge < -0.3 is 9.79 Å². The number of rotatable bonds is 8. The fourth-order valence-corrected chi connectivity index (χ4v) is 2.28. The van der Waals surface area contributed by atoms with Gasteiger partial charge in [-0.05, 0) is 18.3 Å². The van der Waals surface area contributed by atoms with Crippen LogP contribution in [-0.4, -0.2) is 16.4 Å². The van der Waals surface area contributed by atoms with E-state index in [2.05, 4.69) is 25.3 Å². The van der Waals surface area contributed by atoms with Crippen LogP contribution in [-0.2, 0) is 9.09 Å². The molecule has 0 bridgehead atoms. The Balaban J connectivity index is 3.87. The predicted octanol–water partition coefficient (Wildman–Crippen LogP) is 3.09. The van der Waals surface area contributed by atoms with Gasteiger partial charge in [0.15, 0.2) is 0 Å². The molecule has 0 aromatic rings. The van der Waals surface area contributed by atoms with Gasteiger partial charge in [-0.1, -0.05) is 40.0 Å². The van der Waals surface area contributed by atoms with Crippen molar-refractivity contribution >= 4 is 7.82 Å². The molecule has 0 aliphatic carbocycles. The smallest absolute Gasteiger partial charge is 0.303 e. The number of hydrogen-bond donors (Lipinski definition) is 2. The second-order valence-corrected chi connectivity index (χ2v) is 5.23. The second-order valence-electron chi connectivity index (χ2n) is 3.99. The summed E-state index contributed by atoms with van der Waals surface area (Å²) in [5.41, 5.74) is 0.318. The van der Waals surface area contributed by atoms with Crippen LogP contribution in [0, 0.1) is 5.41 Å². The molecule has 0 aliphatic heterocycles. The standard InChI is InChI=1S/C10H23O4P/c1-4-10(5-2,6-3)8-7-9-14-15(11,12)13/h4-9H2,1-3H3,(H2,11,12,13). The lowest BCUT2D eigenvalue weighted by Gasteiger charge is -2.30. The van der Waals surface area contributed by atoms with E-state index in [-0.39, 0.29) is 6.61 Å². The highest BCUT2D eigenvalue weighted by Crippen LogP contribution is 2.38. The van der Waals surface area contributed by atoms with E-state index in [4.69, 9.17) is 9.79 Å². The summed E-state index contributed by atoms with van der Waals surface area (Å²) in [5, 5.41) is 0. The lowest BCUT2D eigenvalue weighted by atomic mass is 9.76. The molecule has 0 saturated carbocycles. The quantitative estimate of drug-likeness (QED) is 0.503. The highest BCUT2D eigenvalue weighted by Gasteiger charge is 2.23. The van der Waals surface area contributed by atoms with Crippen molar-refractivity contribution < 1.29 is 18.9 Å². The largest absolute Gasteiger partial charge is 0.469 e. The van der Waals surface area contributed by atoms with Gasteiger partial charge in [-0.3, -0.25) is 4.52 Å². The van der Waals surface area contributed by atoms with Crippen molar-refractivity contribution in [3.05, 3.63) is 0 Å². The van der Waals surface area contributed by atoms with Gasteiger partial charge in [-0.25, -0.2) is 4.57 Å². The van der Waals surface area contributed by atoms with Gasteiger partial charge in [0.05, 0.1) is 6.61 Å². The number of phosphoric acid groups is 1. The summed E-state index contributed by atoms with van der Waals surface area (Å²) < 4.78 is 14.9. The normalized spacial score (nSPS) is 13.1. The monoisotopic (exact) mass is 238 g/mol. The Morgan fingerprint density at radius 3 is 1.93 bits per heavy atom. The molecule has 0 spiro atoms. The van der Waals surface area contributed by atoms with Crippen LogP contribution >= 0.6 is 7.82 Å². The summed E-state index contributed by atoms with van der Waals surface area (Å²) in [4.78, 5) is 17.0. The Morgan fingerprint density at radius 1 is 1.13 bits per heavy atom. The molecule has 0 unspecified atom stereocenters. The minimum Gasteiger partial charge on any atom is -0.303 e. The minimum absolute atomic E-state index is 0.145. The zero-order chi connectivity index (χ0) is 11.9. The maximum absolute atomic E-state index is 10.4. The molecular weight excluding hydrogens is 215 g/mol. The first-order valence-corrected chi connectivity index (χ1v) is 7.12. The molecule has 4 nitrogen and oxygen atoms in total. The summed E-state index contributed by atoms with van der Waals surface area (Å²) in [6.07, 6.45) is 5.00. The van der Waals surface area contributed by atoms with Gasteiger partial charge in [0.2, 0.25) is 0 Å². The summed E-state index contributed by atoms with van der Waals surface area (Å²) in [7, 11) is -4.27. The molecule has 0 aromatic heterocycles. The molecule has 0 heterocycles. The first-order valence-electron chi connectivity index (χ1n) is 5.59. The SMILES string of the molecule is CCC(CC)(CC)CCCOP(=O)(O)O. The molecule has 0 aromatic carbocycles. The van der Waals surface area contributed by atoms with Crippen LogP contribution < -0.4 is 0 Å². The van der Waals surface area contributed by atoms with Gasteiger partial charge in [-0.15, -0.1) is 0 Å². The van der Waals surface area contributed by atoms with Crippen molar-refractivity contribution in [2.75, 3.05) is 6.61 Å². The van der Waals surface area contributed by atoms with Crippen LogP contribution in [0.25, 0.3) is 0 Å². The van der Waals surface area contributed by atoms with Crippen LogP contribution in [0.2, 0.25) is 0 Å². The summed E-state index contributed by atoms with van der Waals surface area (Å²) in [5.74, 6) is 0. The van der Waals surface area contributed by atoms with E-state index < -0.39 is 7.82 Å². The van der Waals surface area contributed by atoms with Crippen LogP contribution in [0.3, 0.4) is 0 Å². The second kappa shape index (κ2) is 6.64. The first kappa shape index (κ1) is 15.1. The lowest BCUT2D eigenvalue weighted by Crippen LogP contribution is -2.18. The molecule has 5 heteroatoms. The lowest BCUT2D eigenvalue weighted by molar-refractivity contribution is 0.165. The Labute approximate surface area is 92.3 Å². The van der Waals surface area contributed by atoms with E-state index in [9.17, 15) is 4.57 Å². The van der Waals surface area contributed by atoms with Crippen LogP contribution in [0.5, 0.6) is 0 Å². The van der Waals surface area contributed by atoms with Crippen LogP contribution in [0.4, 0.5) is 0 Å². The fraction of sp³-hybridized carbons (Fsp3) is 1.00. The molecule has 0 amide bonds. The molecule has 0 saturated heterocycles. The molecule has 0 fully saturated rings. The zero-order valence-corrected chi connectivity index (χ0v) is 10.8. The Morgan fingerprint density at radius 2 is 1.60 bits per heavy atom. The average Bonchev–Trinajstić information content (AvgIpc) is 2.18. The van der Waals surface area contributed by atoms with E-state index in [0.717, 1.165) is 25.7 Å². The van der Waals surface area contributed by atoms with Gasteiger partial charge in [-0.2, -0.15) is 0 Å². The van der Waals surface area contributed by atoms with Gasteiger partial charge in [0.1, 0.15) is 0 Å². The van der Waals surface area contributed by atoms with Crippen molar-refractivity contribution in [2.45, 2.75) is 52.9 Å². The summed E-state index contributed by atoms with van der Waals surface area (Å²) >= 11 is 0. The van der Waals surface area contributed by atoms with Crippen molar-refractivity contribution in [3.8, 4) is 0 Å². The molecule has 0 aliphatic rings. The average molecular weight is 238 g/mol. The Kier molecular flexibility index (Phi) is 6.69. The van der Waals surface area contributed by atoms with E-state index in [1.54, 1.807) is 0 Å². The maximum atomic E-state index is 10.4. The van der Waals surface area contributed by atoms with Crippen LogP contribution in [0.1, 0.15) is 52.9 Å². The zero-order valence-electron chi connectivity index (χ0n) is 9.90. The van der Waals surface area contributed by atoms with E-state index in [1.165, 1.54) is 0 Å². The fourth-order valence-electron chi connectivity index (χ4n) is 1.91. The van der Waals surface area contributed by atoms with Gasteiger partial charge >= 0.3 is 7.82 Å². The number of phosphoric ester groups is 1.